The number of anilines is 2. The highest BCUT2D eigenvalue weighted by Crippen LogP contribution is 2.31. The number of para-hydroxylation sites is 1. The average molecular weight is 397 g/mol. The lowest BCUT2D eigenvalue weighted by atomic mass is 10.0. The van der Waals surface area contributed by atoms with Gasteiger partial charge in [0.1, 0.15) is 17.7 Å². The lowest BCUT2D eigenvalue weighted by Crippen LogP contribution is -2.47. The summed E-state index contributed by atoms with van der Waals surface area (Å²) in [5.74, 6) is 0.672. The summed E-state index contributed by atoms with van der Waals surface area (Å²) in [6.45, 7) is 6.96. The summed E-state index contributed by atoms with van der Waals surface area (Å²) in [6.07, 6.45) is 3.19. The Morgan fingerprint density at radius 3 is 2.33 bits per heavy atom. The largest absolute Gasteiger partial charge is 0.366 e. The number of fused-ring (bicyclic) bond motifs is 1. The van der Waals surface area contributed by atoms with E-state index in [0.29, 0.717) is 30.0 Å². The highest BCUT2D eigenvalue weighted by molar-refractivity contribution is 5.94. The number of nitrogens with zero attached hydrogens (tertiary/aromatic N) is 7. The fourth-order valence-electron chi connectivity index (χ4n) is 4.19. The molecule has 0 unspecified atom stereocenters. The Bertz CT molecular complexity index is 1160. The molecule has 150 valence electrons. The van der Waals surface area contributed by atoms with E-state index in [1.165, 1.54) is 0 Å². The summed E-state index contributed by atoms with van der Waals surface area (Å²) >= 11 is 0. The minimum absolute atomic E-state index is 0.584. The van der Waals surface area contributed by atoms with Crippen molar-refractivity contribution < 1.29 is 0 Å². The van der Waals surface area contributed by atoms with Crippen LogP contribution in [0.1, 0.15) is 36.2 Å². The Kier molecular flexibility index (Phi) is 5.45. The number of hydrogen-bond acceptors (Lipinski definition) is 7. The fourth-order valence-corrected chi connectivity index (χ4v) is 4.19. The van der Waals surface area contributed by atoms with Gasteiger partial charge >= 0.3 is 0 Å². The second-order valence-electron chi connectivity index (χ2n) is 7.27. The number of rotatable bonds is 4. The van der Waals surface area contributed by atoms with Gasteiger partial charge in [-0.15, -0.1) is 5.10 Å². The second-order valence-corrected chi connectivity index (χ2v) is 7.27. The zero-order chi connectivity index (χ0) is 21.1. The van der Waals surface area contributed by atoms with E-state index >= 15 is 0 Å². The molecule has 3 heterocycles. The number of hydrogen-bond donors (Lipinski definition) is 0. The molecule has 0 atom stereocenters. The number of aryl methyl sites for hydroxylation is 1. The van der Waals surface area contributed by atoms with Crippen molar-refractivity contribution in [2.45, 2.75) is 26.7 Å². The van der Waals surface area contributed by atoms with Crippen LogP contribution in [0.25, 0.3) is 10.9 Å². The molecule has 30 heavy (non-hydrogen) atoms. The van der Waals surface area contributed by atoms with Crippen molar-refractivity contribution in [3.05, 3.63) is 52.8 Å². The van der Waals surface area contributed by atoms with E-state index < -0.39 is 0 Å². The molecular formula is C23H23N7. The molecule has 1 aliphatic heterocycles. The Balaban J connectivity index is 1.64. The minimum Gasteiger partial charge on any atom is -0.366 e. The van der Waals surface area contributed by atoms with E-state index in [4.69, 9.17) is 0 Å². The molecule has 7 heteroatoms. The highest BCUT2D eigenvalue weighted by atomic mass is 15.3. The highest BCUT2D eigenvalue weighted by Gasteiger charge is 2.25. The van der Waals surface area contributed by atoms with Gasteiger partial charge in [-0.3, -0.25) is 4.98 Å². The maximum atomic E-state index is 9.80. The number of nitriles is 2. The van der Waals surface area contributed by atoms with Gasteiger partial charge in [-0.2, -0.15) is 15.6 Å². The topological polar surface area (TPSA) is 92.7 Å². The molecular weight excluding hydrogens is 374 g/mol. The quantitative estimate of drug-likeness (QED) is 0.667. The molecule has 1 aromatic carbocycles. The van der Waals surface area contributed by atoms with Crippen LogP contribution in [-0.4, -0.2) is 41.4 Å². The minimum atomic E-state index is 0.584. The zero-order valence-corrected chi connectivity index (χ0v) is 17.3. The monoisotopic (exact) mass is 397 g/mol. The molecule has 0 saturated carbocycles. The molecule has 7 nitrogen and oxygen atoms in total. The van der Waals surface area contributed by atoms with Crippen molar-refractivity contribution in [3.8, 4) is 12.1 Å². The first-order valence-electron chi connectivity index (χ1n) is 10.3. The van der Waals surface area contributed by atoms with Crippen LogP contribution >= 0.6 is 0 Å². The third kappa shape index (κ3) is 3.29. The predicted molar refractivity (Wildman–Crippen MR) is 116 cm³/mol. The van der Waals surface area contributed by atoms with Crippen molar-refractivity contribution in [3.63, 3.8) is 0 Å². The van der Waals surface area contributed by atoms with E-state index in [1.807, 2.05) is 31.2 Å². The first-order chi connectivity index (χ1) is 14.7. The Labute approximate surface area is 176 Å². The molecule has 2 aromatic heterocycles. The van der Waals surface area contributed by atoms with Crippen LogP contribution in [-0.2, 0) is 12.8 Å². The molecule has 4 rings (SSSR count). The van der Waals surface area contributed by atoms with Crippen LogP contribution in [0.15, 0.2) is 30.5 Å². The molecule has 0 N–H and O–H groups in total. The molecule has 1 aliphatic rings. The molecule has 1 saturated heterocycles. The average Bonchev–Trinajstić information content (AvgIpc) is 2.82. The van der Waals surface area contributed by atoms with Gasteiger partial charge < -0.3 is 9.80 Å². The van der Waals surface area contributed by atoms with E-state index in [0.717, 1.165) is 53.8 Å². The van der Waals surface area contributed by atoms with Gasteiger partial charge in [0.05, 0.1) is 22.5 Å². The van der Waals surface area contributed by atoms with Gasteiger partial charge in [0.2, 0.25) is 0 Å². The van der Waals surface area contributed by atoms with E-state index in [-0.39, 0.29) is 0 Å². The van der Waals surface area contributed by atoms with Crippen molar-refractivity contribution in [2.24, 2.45) is 0 Å². The number of benzene rings is 1. The smallest absolute Gasteiger partial charge is 0.169 e. The normalized spacial score (nSPS) is 13.9. The lowest BCUT2D eigenvalue weighted by Gasteiger charge is -2.37. The SMILES string of the molecule is CCc1nnc(N2CCN(c3c(C#N)cnc4ccccc34)CC2)c(C#N)c1CC. The third-order valence-corrected chi connectivity index (χ3v) is 5.70. The van der Waals surface area contributed by atoms with Crippen molar-refractivity contribution >= 4 is 22.4 Å². The van der Waals surface area contributed by atoms with Gasteiger partial charge in [-0.1, -0.05) is 32.0 Å². The van der Waals surface area contributed by atoms with Gasteiger partial charge in [-0.05, 0) is 24.5 Å². The first-order valence-corrected chi connectivity index (χ1v) is 10.3. The van der Waals surface area contributed by atoms with Crippen LogP contribution in [0, 0.1) is 22.7 Å². The van der Waals surface area contributed by atoms with E-state index in [2.05, 4.69) is 44.0 Å². The van der Waals surface area contributed by atoms with Crippen LogP contribution in [0.3, 0.4) is 0 Å². The maximum Gasteiger partial charge on any atom is 0.169 e. The van der Waals surface area contributed by atoms with Gasteiger partial charge in [0.15, 0.2) is 5.82 Å². The number of aromatic nitrogens is 3. The molecule has 0 amide bonds. The van der Waals surface area contributed by atoms with Crippen LogP contribution < -0.4 is 9.80 Å². The fraction of sp³-hybridized carbons (Fsp3) is 0.348. The number of pyridine rings is 1. The van der Waals surface area contributed by atoms with Crippen LogP contribution in [0.5, 0.6) is 0 Å². The van der Waals surface area contributed by atoms with E-state index in [1.54, 1.807) is 6.20 Å². The summed E-state index contributed by atoms with van der Waals surface area (Å²) in [6, 6.07) is 12.6. The number of piperazine rings is 1. The zero-order valence-electron chi connectivity index (χ0n) is 17.3. The molecule has 0 aliphatic carbocycles. The third-order valence-electron chi connectivity index (χ3n) is 5.70. The summed E-state index contributed by atoms with van der Waals surface area (Å²) in [4.78, 5) is 8.78. The van der Waals surface area contributed by atoms with E-state index in [9.17, 15) is 10.5 Å². The Hall–Kier alpha value is -3.71. The van der Waals surface area contributed by atoms with Gasteiger partial charge in [-0.25, -0.2) is 0 Å². The van der Waals surface area contributed by atoms with Gasteiger partial charge in [0.25, 0.3) is 0 Å². The summed E-state index contributed by atoms with van der Waals surface area (Å²) in [5.41, 5.74) is 4.95. The summed E-state index contributed by atoms with van der Waals surface area (Å²) in [7, 11) is 0. The second kappa shape index (κ2) is 8.34. The van der Waals surface area contributed by atoms with Crippen LogP contribution in [0.4, 0.5) is 11.5 Å². The molecule has 1 fully saturated rings. The Morgan fingerprint density at radius 2 is 1.67 bits per heavy atom. The predicted octanol–water partition coefficient (Wildman–Crippen LogP) is 3.22. The van der Waals surface area contributed by atoms with Crippen molar-refractivity contribution in [1.82, 2.24) is 15.2 Å². The maximum absolute atomic E-state index is 9.80. The Morgan fingerprint density at radius 1 is 0.933 bits per heavy atom. The van der Waals surface area contributed by atoms with Crippen molar-refractivity contribution in [1.29, 1.82) is 10.5 Å². The molecule has 0 spiro atoms. The van der Waals surface area contributed by atoms with Crippen LogP contribution in [0.2, 0.25) is 0 Å². The lowest BCUT2D eigenvalue weighted by molar-refractivity contribution is 0.641. The van der Waals surface area contributed by atoms with Gasteiger partial charge in [0, 0.05) is 37.8 Å². The molecule has 0 radical (unpaired) electrons. The molecule has 0 bridgehead atoms. The standard InChI is InChI=1S/C23H23N7/c1-3-17-19(14-25)23(28-27-20(17)4-2)30-11-9-29(10-12-30)22-16(13-24)15-26-21-8-6-5-7-18(21)22/h5-8,15H,3-4,9-12H2,1-2H3. The molecule has 3 aromatic rings. The summed E-state index contributed by atoms with van der Waals surface area (Å²) in [5, 5.41) is 29.2. The van der Waals surface area contributed by atoms with Crippen molar-refractivity contribution in [2.75, 3.05) is 36.0 Å². The first kappa shape index (κ1) is 19.6. The summed E-state index contributed by atoms with van der Waals surface area (Å²) < 4.78 is 0.